The molecule has 0 aromatic carbocycles. The SMILES string of the molecule is CO[C@H]1C(OP(OC)N(C(C)C)C(C)C)[C@@H]([C@@H](C)CC(C)=O)O[C@H]1n1ccc(=O)[nH]c1=O. The summed E-state index contributed by atoms with van der Waals surface area (Å²) in [6, 6.07) is 1.58. The predicted molar refractivity (Wildman–Crippen MR) is 121 cm³/mol. The zero-order chi connectivity index (χ0) is 24.2. The molecule has 0 amide bonds. The van der Waals surface area contributed by atoms with Crippen molar-refractivity contribution in [3.63, 3.8) is 0 Å². The lowest BCUT2D eigenvalue weighted by Crippen LogP contribution is -2.42. The minimum Gasteiger partial charge on any atom is -0.374 e. The van der Waals surface area contributed by atoms with Crippen molar-refractivity contribution in [3.8, 4) is 0 Å². The van der Waals surface area contributed by atoms with Crippen molar-refractivity contribution in [1.82, 2.24) is 14.2 Å². The van der Waals surface area contributed by atoms with Crippen LogP contribution in [0.1, 0.15) is 54.2 Å². The summed E-state index contributed by atoms with van der Waals surface area (Å²) in [5.41, 5.74) is -1.11. The first-order valence-corrected chi connectivity index (χ1v) is 11.9. The number of carbonyl (C=O) groups excluding carboxylic acids is 1. The van der Waals surface area contributed by atoms with E-state index >= 15 is 0 Å². The highest BCUT2D eigenvalue weighted by Gasteiger charge is 2.51. The lowest BCUT2D eigenvalue weighted by Gasteiger charge is -2.38. The summed E-state index contributed by atoms with van der Waals surface area (Å²) in [5, 5.41) is 0. The zero-order valence-electron chi connectivity index (χ0n) is 20.1. The molecular weight excluding hydrogens is 437 g/mol. The lowest BCUT2D eigenvalue weighted by atomic mass is 9.94. The van der Waals surface area contributed by atoms with Crippen LogP contribution in [-0.4, -0.2) is 64.6 Å². The second kappa shape index (κ2) is 11.6. The molecule has 0 bridgehead atoms. The van der Waals surface area contributed by atoms with Crippen LogP contribution >= 0.6 is 8.53 Å². The molecule has 6 atom stereocenters. The standard InChI is InChI=1S/C21H36N3O7P/c1-12(2)24(13(3)4)32(29-8)31-18-17(14(5)11-15(6)25)30-20(19(18)28-7)23-10-9-16(26)22-21(23)27/h9-10,12-14,17-20H,11H2,1-8H3,(H,22,26,27)/t14-,17+,18?,19-,20+,32?/m0/s1. The van der Waals surface area contributed by atoms with Crippen molar-refractivity contribution in [1.29, 1.82) is 0 Å². The van der Waals surface area contributed by atoms with Gasteiger partial charge in [-0.15, -0.1) is 0 Å². The number of nitrogens with zero attached hydrogens (tertiary/aromatic N) is 2. The third-order valence-electron chi connectivity index (χ3n) is 5.41. The number of ketones is 1. The van der Waals surface area contributed by atoms with Gasteiger partial charge in [0, 0.05) is 45.0 Å². The fourth-order valence-corrected chi connectivity index (χ4v) is 5.77. The van der Waals surface area contributed by atoms with Crippen LogP contribution < -0.4 is 11.2 Å². The normalized spacial score (nSPS) is 25.6. The van der Waals surface area contributed by atoms with Crippen molar-refractivity contribution >= 4 is 14.3 Å². The van der Waals surface area contributed by atoms with Crippen LogP contribution in [0.2, 0.25) is 0 Å². The molecule has 0 saturated carbocycles. The molecule has 2 unspecified atom stereocenters. The number of nitrogens with one attached hydrogen (secondary N) is 1. The largest absolute Gasteiger partial charge is 0.374 e. The number of H-pyrrole nitrogens is 1. The maximum absolute atomic E-state index is 12.5. The number of carbonyl (C=O) groups is 1. The molecule has 1 aliphatic heterocycles. The number of aromatic amines is 1. The Bertz CT molecular complexity index is 863. The molecule has 1 saturated heterocycles. The molecule has 0 spiro atoms. The van der Waals surface area contributed by atoms with Crippen LogP contribution in [0.25, 0.3) is 0 Å². The highest BCUT2D eigenvalue weighted by molar-refractivity contribution is 7.44. The van der Waals surface area contributed by atoms with E-state index in [2.05, 4.69) is 37.3 Å². The van der Waals surface area contributed by atoms with Gasteiger partial charge in [0.05, 0.1) is 6.10 Å². The van der Waals surface area contributed by atoms with Gasteiger partial charge in [0.15, 0.2) is 6.23 Å². The number of Topliss-reactive ketones (excluding diaryl/α,β-unsaturated/α-hetero) is 1. The zero-order valence-corrected chi connectivity index (χ0v) is 21.0. The van der Waals surface area contributed by atoms with Crippen LogP contribution in [0.5, 0.6) is 0 Å². The van der Waals surface area contributed by atoms with E-state index in [1.54, 1.807) is 7.11 Å². The molecule has 32 heavy (non-hydrogen) atoms. The summed E-state index contributed by atoms with van der Waals surface area (Å²) in [7, 11) is 1.64. The minimum absolute atomic E-state index is 0.0264. The Hall–Kier alpha value is -1.42. The molecule has 182 valence electrons. The average Bonchev–Trinajstić information content (AvgIpc) is 3.04. The van der Waals surface area contributed by atoms with Crippen molar-refractivity contribution in [2.45, 2.75) is 84.6 Å². The van der Waals surface area contributed by atoms with Gasteiger partial charge in [-0.05, 0) is 40.5 Å². The third-order valence-corrected chi connectivity index (χ3v) is 7.44. The fourth-order valence-electron chi connectivity index (χ4n) is 4.18. The van der Waals surface area contributed by atoms with E-state index in [1.807, 2.05) is 6.92 Å². The topological polar surface area (TPSA) is 112 Å². The number of methoxy groups -OCH3 is 1. The molecule has 0 radical (unpaired) electrons. The summed E-state index contributed by atoms with van der Waals surface area (Å²) >= 11 is 0. The van der Waals surface area contributed by atoms with E-state index in [1.165, 1.54) is 30.9 Å². The van der Waals surface area contributed by atoms with Crippen LogP contribution in [0, 0.1) is 5.92 Å². The molecule has 1 aliphatic rings. The van der Waals surface area contributed by atoms with Gasteiger partial charge < -0.3 is 23.3 Å². The van der Waals surface area contributed by atoms with Crippen molar-refractivity contribution in [3.05, 3.63) is 33.1 Å². The summed E-state index contributed by atoms with van der Waals surface area (Å²) in [6.45, 7) is 11.7. The molecule has 0 aliphatic carbocycles. The van der Waals surface area contributed by atoms with Crippen LogP contribution in [0.15, 0.2) is 21.9 Å². The van der Waals surface area contributed by atoms with Crippen molar-refractivity contribution in [2.24, 2.45) is 5.92 Å². The van der Waals surface area contributed by atoms with Crippen molar-refractivity contribution < 1.29 is 23.3 Å². The predicted octanol–water partition coefficient (Wildman–Crippen LogP) is 2.44. The molecule has 2 rings (SSSR count). The lowest BCUT2D eigenvalue weighted by molar-refractivity contribution is -0.120. The Kier molecular flexibility index (Phi) is 9.75. The van der Waals surface area contributed by atoms with Gasteiger partial charge >= 0.3 is 5.69 Å². The summed E-state index contributed by atoms with van der Waals surface area (Å²) in [5.74, 6) is -0.169. The molecule has 1 aromatic rings. The number of hydrogen-bond acceptors (Lipinski definition) is 8. The van der Waals surface area contributed by atoms with Gasteiger partial charge in [-0.1, -0.05) is 6.92 Å². The molecule has 2 heterocycles. The van der Waals surface area contributed by atoms with Gasteiger partial charge in [0.1, 0.15) is 18.0 Å². The number of hydrogen-bond donors (Lipinski definition) is 1. The number of ether oxygens (including phenoxy) is 2. The quantitative estimate of drug-likeness (QED) is 0.488. The average molecular weight is 474 g/mol. The van der Waals surface area contributed by atoms with Crippen LogP contribution in [0.4, 0.5) is 0 Å². The molecule has 1 aromatic heterocycles. The fraction of sp³-hybridized carbons (Fsp3) is 0.762. The van der Waals surface area contributed by atoms with E-state index < -0.39 is 44.3 Å². The Balaban J connectivity index is 2.46. The molecular formula is C21H36N3O7P. The Morgan fingerprint density at radius 1 is 1.19 bits per heavy atom. The van der Waals surface area contributed by atoms with Gasteiger partial charge in [-0.2, -0.15) is 0 Å². The summed E-state index contributed by atoms with van der Waals surface area (Å²) in [6.07, 6.45) is -0.982. The van der Waals surface area contributed by atoms with Gasteiger partial charge in [-0.3, -0.25) is 14.3 Å². The Morgan fingerprint density at radius 3 is 2.28 bits per heavy atom. The molecule has 1 fully saturated rings. The molecule has 11 heteroatoms. The number of rotatable bonds is 11. The molecule has 10 nitrogen and oxygen atoms in total. The van der Waals surface area contributed by atoms with Crippen LogP contribution in [-0.2, 0) is 23.3 Å². The van der Waals surface area contributed by atoms with Gasteiger partial charge in [0.2, 0.25) is 0 Å². The number of aromatic nitrogens is 2. The first-order chi connectivity index (χ1) is 15.0. The van der Waals surface area contributed by atoms with E-state index in [-0.39, 0.29) is 30.2 Å². The van der Waals surface area contributed by atoms with Gasteiger partial charge in [-0.25, -0.2) is 9.46 Å². The highest BCUT2D eigenvalue weighted by Crippen LogP contribution is 2.50. The molecule has 1 N–H and O–H groups in total. The van der Waals surface area contributed by atoms with Gasteiger partial charge in [0.25, 0.3) is 14.1 Å². The minimum atomic E-state index is -1.47. The maximum Gasteiger partial charge on any atom is 0.330 e. The second-order valence-corrected chi connectivity index (χ2v) is 10.2. The van der Waals surface area contributed by atoms with Crippen molar-refractivity contribution in [2.75, 3.05) is 14.2 Å². The smallest absolute Gasteiger partial charge is 0.330 e. The summed E-state index contributed by atoms with van der Waals surface area (Å²) < 4.78 is 27.7. The highest BCUT2D eigenvalue weighted by atomic mass is 31.2. The Morgan fingerprint density at radius 2 is 1.81 bits per heavy atom. The second-order valence-electron chi connectivity index (χ2n) is 8.65. The van der Waals surface area contributed by atoms with E-state index in [9.17, 15) is 14.4 Å². The van der Waals surface area contributed by atoms with E-state index in [0.717, 1.165) is 0 Å². The summed E-state index contributed by atoms with van der Waals surface area (Å²) in [4.78, 5) is 38.1. The first kappa shape index (κ1) is 26.8. The third kappa shape index (κ3) is 6.12. The van der Waals surface area contributed by atoms with E-state index in [4.69, 9.17) is 18.5 Å². The monoisotopic (exact) mass is 473 g/mol. The maximum atomic E-state index is 12.5. The van der Waals surface area contributed by atoms with Crippen LogP contribution in [0.3, 0.4) is 0 Å². The Labute approximate surface area is 190 Å². The van der Waals surface area contributed by atoms with E-state index in [0.29, 0.717) is 0 Å². The first-order valence-electron chi connectivity index (χ1n) is 10.8.